The van der Waals surface area contributed by atoms with Crippen LogP contribution in [-0.4, -0.2) is 23.0 Å². The Morgan fingerprint density at radius 1 is 1.00 bits per heavy atom. The minimum absolute atomic E-state index is 0.0298. The van der Waals surface area contributed by atoms with E-state index in [1.807, 2.05) is 6.07 Å². The molecule has 0 spiro atoms. The average molecular weight is 442 g/mol. The van der Waals surface area contributed by atoms with Crippen molar-refractivity contribution in [2.24, 2.45) is 10.2 Å². The van der Waals surface area contributed by atoms with Gasteiger partial charge < -0.3 is 15.2 Å². The second-order valence-corrected chi connectivity index (χ2v) is 6.98. The second kappa shape index (κ2) is 9.15. The minimum atomic E-state index is -0.544. The third kappa shape index (κ3) is 4.47. The number of benzene rings is 4. The third-order valence-electron chi connectivity index (χ3n) is 4.90. The molecule has 0 aliphatic carbocycles. The molecule has 0 aliphatic heterocycles. The van der Waals surface area contributed by atoms with Crippen molar-refractivity contribution in [3.8, 4) is 11.5 Å². The molecule has 9 heteroatoms. The van der Waals surface area contributed by atoms with Gasteiger partial charge in [-0.1, -0.05) is 42.5 Å². The fourth-order valence-corrected chi connectivity index (χ4v) is 3.28. The first-order valence-corrected chi connectivity index (χ1v) is 9.83. The number of nitro benzene ring substituents is 1. The summed E-state index contributed by atoms with van der Waals surface area (Å²) in [4.78, 5) is 23.3. The zero-order valence-corrected chi connectivity index (χ0v) is 17.4. The first-order valence-electron chi connectivity index (χ1n) is 9.83. The van der Waals surface area contributed by atoms with Crippen molar-refractivity contribution in [1.82, 2.24) is 0 Å². The van der Waals surface area contributed by atoms with E-state index in [9.17, 15) is 20.0 Å². The van der Waals surface area contributed by atoms with Gasteiger partial charge in [0.25, 0.3) is 11.6 Å². The molecule has 0 bridgehead atoms. The summed E-state index contributed by atoms with van der Waals surface area (Å²) in [7, 11) is 1.36. The Morgan fingerprint density at radius 3 is 2.45 bits per heavy atom. The van der Waals surface area contributed by atoms with E-state index in [-0.39, 0.29) is 34.1 Å². The predicted molar refractivity (Wildman–Crippen MR) is 124 cm³/mol. The van der Waals surface area contributed by atoms with E-state index in [2.05, 4.69) is 15.5 Å². The maximum Gasteiger partial charge on any atom is 0.273 e. The maximum atomic E-state index is 12.9. The van der Waals surface area contributed by atoms with Crippen LogP contribution >= 0.6 is 0 Å². The van der Waals surface area contributed by atoms with Gasteiger partial charge in [0.1, 0.15) is 11.4 Å². The number of nitro groups is 1. The summed E-state index contributed by atoms with van der Waals surface area (Å²) in [5.74, 6) is -0.699. The van der Waals surface area contributed by atoms with Gasteiger partial charge in [0, 0.05) is 17.1 Å². The van der Waals surface area contributed by atoms with E-state index in [0.717, 1.165) is 0 Å². The van der Waals surface area contributed by atoms with Crippen LogP contribution in [0, 0.1) is 10.1 Å². The molecule has 2 N–H and O–H groups in total. The van der Waals surface area contributed by atoms with E-state index >= 15 is 0 Å². The third-order valence-corrected chi connectivity index (χ3v) is 4.90. The quantitative estimate of drug-likeness (QED) is 0.211. The van der Waals surface area contributed by atoms with Crippen LogP contribution in [0.2, 0.25) is 0 Å². The van der Waals surface area contributed by atoms with Crippen LogP contribution in [0.3, 0.4) is 0 Å². The highest BCUT2D eigenvalue weighted by molar-refractivity contribution is 6.11. The lowest BCUT2D eigenvalue weighted by molar-refractivity contribution is -0.384. The first-order chi connectivity index (χ1) is 16.0. The number of phenols is 1. The smallest absolute Gasteiger partial charge is 0.273 e. The van der Waals surface area contributed by atoms with Gasteiger partial charge in [-0.25, -0.2) is 0 Å². The topological polar surface area (TPSA) is 126 Å². The number of hydrogen-bond acceptors (Lipinski definition) is 7. The van der Waals surface area contributed by atoms with Crippen molar-refractivity contribution in [2.45, 2.75) is 0 Å². The number of carbonyl (C=O) groups excluding carboxylic acids is 1. The molecule has 0 unspecified atom stereocenters. The highest BCUT2D eigenvalue weighted by atomic mass is 16.6. The number of carbonyl (C=O) groups is 1. The molecule has 164 valence electrons. The lowest BCUT2D eigenvalue weighted by Gasteiger charge is -2.11. The Balaban J connectivity index is 1.78. The molecule has 0 heterocycles. The molecule has 33 heavy (non-hydrogen) atoms. The van der Waals surface area contributed by atoms with Gasteiger partial charge in [-0.2, -0.15) is 0 Å². The number of phenolic OH excluding ortho intramolecular Hbond substituents is 1. The second-order valence-electron chi connectivity index (χ2n) is 6.98. The normalized spacial score (nSPS) is 10.9. The standard InChI is InChI=1S/C24H18N4O5/c1-33-21-14-17(28(31)32)11-12-20(21)26-27-22-18-10-6-5-7-15(18)13-19(23(22)29)24(30)25-16-8-3-2-4-9-16/h2-14,29H,1H3,(H,25,30). The van der Waals surface area contributed by atoms with Gasteiger partial charge in [0.15, 0.2) is 11.5 Å². The number of ether oxygens (including phenoxy) is 1. The number of anilines is 1. The minimum Gasteiger partial charge on any atom is -0.505 e. The summed E-state index contributed by atoms with van der Waals surface area (Å²) in [6, 6.07) is 21.5. The van der Waals surface area contributed by atoms with Gasteiger partial charge in [0.05, 0.1) is 23.7 Å². The molecule has 0 radical (unpaired) electrons. The molecular formula is C24H18N4O5. The summed E-state index contributed by atoms with van der Waals surface area (Å²) >= 11 is 0. The van der Waals surface area contributed by atoms with Crippen molar-refractivity contribution in [2.75, 3.05) is 12.4 Å². The SMILES string of the molecule is COc1cc([N+](=O)[O-])ccc1N=Nc1c(O)c(C(=O)Nc2ccccc2)cc2ccccc12. The van der Waals surface area contributed by atoms with Crippen LogP contribution in [0.1, 0.15) is 10.4 Å². The molecule has 4 rings (SSSR count). The molecule has 4 aromatic rings. The number of aromatic hydroxyl groups is 1. The molecule has 0 atom stereocenters. The zero-order valence-electron chi connectivity index (χ0n) is 17.4. The van der Waals surface area contributed by atoms with Crippen LogP contribution in [0.25, 0.3) is 10.8 Å². The predicted octanol–water partition coefficient (Wildman–Crippen LogP) is 6.13. The molecule has 0 saturated carbocycles. The van der Waals surface area contributed by atoms with Crippen molar-refractivity contribution < 1.29 is 19.6 Å². The fourth-order valence-electron chi connectivity index (χ4n) is 3.28. The molecule has 9 nitrogen and oxygen atoms in total. The van der Waals surface area contributed by atoms with Crippen molar-refractivity contribution in [1.29, 1.82) is 0 Å². The number of azo groups is 1. The van der Waals surface area contributed by atoms with Crippen LogP contribution in [0.4, 0.5) is 22.7 Å². The van der Waals surface area contributed by atoms with Crippen molar-refractivity contribution in [3.05, 3.63) is 94.5 Å². The fraction of sp³-hybridized carbons (Fsp3) is 0.0417. The summed E-state index contributed by atoms with van der Waals surface area (Å²) in [5.41, 5.74) is 0.770. The molecule has 1 amide bonds. The zero-order chi connectivity index (χ0) is 23.4. The van der Waals surface area contributed by atoms with E-state index in [1.54, 1.807) is 54.6 Å². The molecule has 4 aromatic carbocycles. The van der Waals surface area contributed by atoms with Gasteiger partial charge in [0.2, 0.25) is 0 Å². The van der Waals surface area contributed by atoms with Crippen LogP contribution in [0.15, 0.2) is 89.1 Å². The monoisotopic (exact) mass is 442 g/mol. The lowest BCUT2D eigenvalue weighted by atomic mass is 10.0. The Labute approximate surface area is 188 Å². The van der Waals surface area contributed by atoms with E-state index in [0.29, 0.717) is 16.5 Å². The van der Waals surface area contributed by atoms with E-state index in [1.165, 1.54) is 25.3 Å². The van der Waals surface area contributed by atoms with Crippen LogP contribution < -0.4 is 10.1 Å². The molecule has 0 aliphatic rings. The number of para-hydroxylation sites is 1. The van der Waals surface area contributed by atoms with Gasteiger partial charge >= 0.3 is 0 Å². The number of rotatable bonds is 6. The molecule has 0 aromatic heterocycles. The summed E-state index contributed by atoms with van der Waals surface area (Å²) in [5, 5.41) is 34.2. The van der Waals surface area contributed by atoms with Crippen LogP contribution in [0.5, 0.6) is 11.5 Å². The number of nitrogens with one attached hydrogen (secondary N) is 1. The highest BCUT2D eigenvalue weighted by Gasteiger charge is 2.19. The number of non-ortho nitro benzene ring substituents is 1. The van der Waals surface area contributed by atoms with Gasteiger partial charge in [-0.15, -0.1) is 10.2 Å². The Bertz CT molecular complexity index is 1390. The summed E-state index contributed by atoms with van der Waals surface area (Å²) in [6.45, 7) is 0. The molecular weight excluding hydrogens is 424 g/mol. The Hall–Kier alpha value is -4.79. The average Bonchev–Trinajstić information content (AvgIpc) is 2.83. The maximum absolute atomic E-state index is 12.9. The van der Waals surface area contributed by atoms with Gasteiger partial charge in [-0.05, 0) is 29.7 Å². The van der Waals surface area contributed by atoms with E-state index in [4.69, 9.17) is 4.74 Å². The number of nitrogens with zero attached hydrogens (tertiary/aromatic N) is 3. The number of amides is 1. The Morgan fingerprint density at radius 2 is 1.73 bits per heavy atom. The largest absolute Gasteiger partial charge is 0.505 e. The van der Waals surface area contributed by atoms with E-state index < -0.39 is 10.8 Å². The summed E-state index contributed by atoms with van der Waals surface area (Å²) < 4.78 is 5.19. The van der Waals surface area contributed by atoms with Crippen molar-refractivity contribution >= 4 is 39.4 Å². The van der Waals surface area contributed by atoms with Crippen LogP contribution in [-0.2, 0) is 0 Å². The molecule has 0 fully saturated rings. The highest BCUT2D eigenvalue weighted by Crippen LogP contribution is 2.41. The first kappa shape index (κ1) is 21.4. The van der Waals surface area contributed by atoms with Crippen molar-refractivity contribution in [3.63, 3.8) is 0 Å². The van der Waals surface area contributed by atoms with Gasteiger partial charge in [-0.3, -0.25) is 14.9 Å². The number of hydrogen-bond donors (Lipinski definition) is 2. The lowest BCUT2D eigenvalue weighted by Crippen LogP contribution is -2.12. The number of fused-ring (bicyclic) bond motifs is 1. The number of methoxy groups -OCH3 is 1. The Kier molecular flexibility index (Phi) is 5.94. The summed E-state index contributed by atoms with van der Waals surface area (Å²) in [6.07, 6.45) is 0. The molecule has 0 saturated heterocycles.